The molecule has 1 unspecified atom stereocenters. The van der Waals surface area contributed by atoms with Gasteiger partial charge in [0.25, 0.3) is 0 Å². The van der Waals surface area contributed by atoms with Crippen LogP contribution in [-0.4, -0.2) is 11.1 Å². The molecular weight excluding hydrogens is 272 g/mol. The predicted octanol–water partition coefficient (Wildman–Crippen LogP) is 4.70. The molecule has 1 atom stereocenters. The van der Waals surface area contributed by atoms with Gasteiger partial charge in [-0.2, -0.15) is 0 Å². The Balaban J connectivity index is 2.24. The van der Waals surface area contributed by atoms with Crippen molar-refractivity contribution in [3.05, 3.63) is 70.8 Å². The maximum atomic E-state index is 11.6. The van der Waals surface area contributed by atoms with Crippen molar-refractivity contribution in [2.75, 3.05) is 0 Å². The second-order valence-corrected chi connectivity index (χ2v) is 6.96. The molecule has 0 aliphatic carbocycles. The highest BCUT2D eigenvalue weighted by atomic mass is 16.4. The summed E-state index contributed by atoms with van der Waals surface area (Å²) in [5, 5.41) is 9.56. The highest BCUT2D eigenvalue weighted by Crippen LogP contribution is 2.25. The van der Waals surface area contributed by atoms with Gasteiger partial charge in [0.2, 0.25) is 0 Å². The van der Waals surface area contributed by atoms with Gasteiger partial charge in [0.05, 0.1) is 5.92 Å². The molecule has 2 aromatic rings. The van der Waals surface area contributed by atoms with Crippen molar-refractivity contribution in [3.8, 4) is 0 Å². The standard InChI is InChI=1S/C20H24O2/c1-14-6-5-7-16(12-14)18(19(21)22)13-15-8-10-17(11-9-15)20(2,3)4/h5-12,18H,13H2,1-4H3,(H,21,22). The van der Waals surface area contributed by atoms with Crippen molar-refractivity contribution in [2.45, 2.75) is 45.4 Å². The number of aliphatic carboxylic acids is 1. The number of carbonyl (C=O) groups is 1. The van der Waals surface area contributed by atoms with Gasteiger partial charge in [0.1, 0.15) is 0 Å². The van der Waals surface area contributed by atoms with Gasteiger partial charge in [-0.25, -0.2) is 0 Å². The molecule has 2 aromatic carbocycles. The van der Waals surface area contributed by atoms with Gasteiger partial charge in [0, 0.05) is 0 Å². The molecule has 0 radical (unpaired) electrons. The molecule has 0 bridgehead atoms. The van der Waals surface area contributed by atoms with Crippen molar-refractivity contribution in [1.29, 1.82) is 0 Å². The fraction of sp³-hybridized carbons (Fsp3) is 0.350. The minimum atomic E-state index is -0.773. The third-order valence-electron chi connectivity index (χ3n) is 4.00. The van der Waals surface area contributed by atoms with Crippen LogP contribution in [0.15, 0.2) is 48.5 Å². The highest BCUT2D eigenvalue weighted by molar-refractivity contribution is 5.76. The summed E-state index contributed by atoms with van der Waals surface area (Å²) in [6.45, 7) is 8.51. The molecule has 0 fully saturated rings. The van der Waals surface area contributed by atoms with Crippen LogP contribution in [0.1, 0.15) is 48.9 Å². The van der Waals surface area contributed by atoms with E-state index in [1.54, 1.807) is 0 Å². The summed E-state index contributed by atoms with van der Waals surface area (Å²) in [5.74, 6) is -1.27. The average Bonchev–Trinajstić information content (AvgIpc) is 2.44. The van der Waals surface area contributed by atoms with Crippen molar-refractivity contribution in [2.24, 2.45) is 0 Å². The molecule has 22 heavy (non-hydrogen) atoms. The zero-order valence-electron chi connectivity index (χ0n) is 13.8. The fourth-order valence-electron chi connectivity index (χ4n) is 2.61. The number of benzene rings is 2. The molecule has 0 saturated carbocycles. The summed E-state index contributed by atoms with van der Waals surface area (Å²) in [6.07, 6.45) is 0.517. The highest BCUT2D eigenvalue weighted by Gasteiger charge is 2.21. The van der Waals surface area contributed by atoms with E-state index >= 15 is 0 Å². The quantitative estimate of drug-likeness (QED) is 0.887. The fourth-order valence-corrected chi connectivity index (χ4v) is 2.61. The third-order valence-corrected chi connectivity index (χ3v) is 4.00. The summed E-state index contributed by atoms with van der Waals surface area (Å²) in [5.41, 5.74) is 4.39. The Bertz CT molecular complexity index is 648. The van der Waals surface area contributed by atoms with Gasteiger partial charge in [-0.1, -0.05) is 74.9 Å². The minimum absolute atomic E-state index is 0.112. The summed E-state index contributed by atoms with van der Waals surface area (Å²) in [4.78, 5) is 11.6. The molecule has 116 valence electrons. The van der Waals surface area contributed by atoms with E-state index in [0.717, 1.165) is 16.7 Å². The van der Waals surface area contributed by atoms with E-state index in [4.69, 9.17) is 0 Å². The third kappa shape index (κ3) is 3.97. The van der Waals surface area contributed by atoms with Crippen LogP contribution in [0, 0.1) is 6.92 Å². The SMILES string of the molecule is Cc1cccc(C(Cc2ccc(C(C)(C)C)cc2)C(=O)O)c1. The van der Waals surface area contributed by atoms with Gasteiger partial charge >= 0.3 is 5.97 Å². The lowest BCUT2D eigenvalue weighted by atomic mass is 9.85. The van der Waals surface area contributed by atoms with Gasteiger partial charge in [-0.3, -0.25) is 4.79 Å². The maximum Gasteiger partial charge on any atom is 0.311 e. The van der Waals surface area contributed by atoms with E-state index in [1.165, 1.54) is 5.56 Å². The number of aryl methyl sites for hydroxylation is 1. The topological polar surface area (TPSA) is 37.3 Å². The smallest absolute Gasteiger partial charge is 0.311 e. The zero-order valence-corrected chi connectivity index (χ0v) is 13.8. The Morgan fingerprint density at radius 1 is 1.09 bits per heavy atom. The molecule has 0 spiro atoms. The predicted molar refractivity (Wildman–Crippen MR) is 90.4 cm³/mol. The van der Waals surface area contributed by atoms with Crippen molar-refractivity contribution >= 4 is 5.97 Å². The second kappa shape index (κ2) is 6.35. The molecular formula is C20H24O2. The molecule has 0 amide bonds. The van der Waals surface area contributed by atoms with E-state index in [0.29, 0.717) is 6.42 Å². The lowest BCUT2D eigenvalue weighted by Gasteiger charge is -2.20. The first kappa shape index (κ1) is 16.3. The monoisotopic (exact) mass is 296 g/mol. The lowest BCUT2D eigenvalue weighted by Crippen LogP contribution is -2.15. The van der Waals surface area contributed by atoms with Crippen LogP contribution in [0.2, 0.25) is 0 Å². The number of rotatable bonds is 4. The largest absolute Gasteiger partial charge is 0.481 e. The Hall–Kier alpha value is -2.09. The van der Waals surface area contributed by atoms with E-state index in [-0.39, 0.29) is 5.41 Å². The van der Waals surface area contributed by atoms with Crippen LogP contribution in [0.4, 0.5) is 0 Å². The first-order valence-electron chi connectivity index (χ1n) is 7.66. The van der Waals surface area contributed by atoms with Gasteiger partial charge in [-0.05, 0) is 35.4 Å². The maximum absolute atomic E-state index is 11.6. The van der Waals surface area contributed by atoms with Gasteiger partial charge < -0.3 is 5.11 Å². The summed E-state index contributed by atoms with van der Waals surface area (Å²) < 4.78 is 0. The van der Waals surface area contributed by atoms with Crippen LogP contribution in [0.25, 0.3) is 0 Å². The molecule has 2 rings (SSSR count). The Morgan fingerprint density at radius 3 is 2.23 bits per heavy atom. The number of hydrogen-bond donors (Lipinski definition) is 1. The molecule has 0 aromatic heterocycles. The summed E-state index contributed by atoms with van der Waals surface area (Å²) >= 11 is 0. The van der Waals surface area contributed by atoms with E-state index in [2.05, 4.69) is 32.9 Å². The number of carboxylic acid groups (broad SMARTS) is 1. The minimum Gasteiger partial charge on any atom is -0.481 e. The molecule has 0 aliphatic heterocycles. The van der Waals surface area contributed by atoms with Crippen LogP contribution in [0.5, 0.6) is 0 Å². The van der Waals surface area contributed by atoms with Crippen molar-refractivity contribution in [3.63, 3.8) is 0 Å². The number of hydrogen-bond acceptors (Lipinski definition) is 1. The van der Waals surface area contributed by atoms with Crippen LogP contribution < -0.4 is 0 Å². The van der Waals surface area contributed by atoms with Crippen LogP contribution in [0.3, 0.4) is 0 Å². The number of carboxylic acids is 1. The Morgan fingerprint density at radius 2 is 1.73 bits per heavy atom. The summed E-state index contributed by atoms with van der Waals surface area (Å²) in [6, 6.07) is 16.1. The normalized spacial score (nSPS) is 12.9. The molecule has 1 N–H and O–H groups in total. The first-order chi connectivity index (χ1) is 10.3. The van der Waals surface area contributed by atoms with E-state index in [1.807, 2.05) is 43.3 Å². The van der Waals surface area contributed by atoms with Crippen LogP contribution in [-0.2, 0) is 16.6 Å². The van der Waals surface area contributed by atoms with Crippen LogP contribution >= 0.6 is 0 Å². The molecule has 2 heteroatoms. The van der Waals surface area contributed by atoms with Crippen molar-refractivity contribution in [1.82, 2.24) is 0 Å². The second-order valence-electron chi connectivity index (χ2n) is 6.96. The lowest BCUT2D eigenvalue weighted by molar-refractivity contribution is -0.138. The molecule has 0 saturated heterocycles. The van der Waals surface area contributed by atoms with E-state index in [9.17, 15) is 9.90 Å². The van der Waals surface area contributed by atoms with E-state index < -0.39 is 11.9 Å². The Kier molecular flexibility index (Phi) is 4.70. The molecule has 2 nitrogen and oxygen atoms in total. The molecule has 0 heterocycles. The molecule has 0 aliphatic rings. The average molecular weight is 296 g/mol. The first-order valence-corrected chi connectivity index (χ1v) is 7.66. The summed E-state index contributed by atoms with van der Waals surface area (Å²) in [7, 11) is 0. The zero-order chi connectivity index (χ0) is 16.3. The van der Waals surface area contributed by atoms with Gasteiger partial charge in [0.15, 0.2) is 0 Å². The van der Waals surface area contributed by atoms with Gasteiger partial charge in [-0.15, -0.1) is 0 Å². The van der Waals surface area contributed by atoms with Crippen molar-refractivity contribution < 1.29 is 9.90 Å². The Labute approximate surface area is 132 Å².